The number of anilines is 1. The first-order valence-electron chi connectivity index (χ1n) is 13.2. The molecule has 1 aliphatic heterocycles. The van der Waals surface area contributed by atoms with Crippen LogP contribution < -0.4 is 9.64 Å². The first-order chi connectivity index (χ1) is 17.5. The van der Waals surface area contributed by atoms with Crippen molar-refractivity contribution in [1.82, 2.24) is 9.80 Å². The van der Waals surface area contributed by atoms with Crippen LogP contribution in [-0.2, 0) is 6.54 Å². The summed E-state index contributed by atoms with van der Waals surface area (Å²) in [6.45, 7) is 15.4. The number of benzene rings is 3. The van der Waals surface area contributed by atoms with E-state index in [9.17, 15) is 4.79 Å². The maximum atomic E-state index is 12.6. The van der Waals surface area contributed by atoms with Crippen LogP contribution in [0.3, 0.4) is 0 Å². The van der Waals surface area contributed by atoms with Crippen molar-refractivity contribution in [1.29, 1.82) is 0 Å². The average Bonchev–Trinajstić information content (AvgIpc) is 2.90. The zero-order chi connectivity index (χ0) is 25.5. The van der Waals surface area contributed by atoms with Gasteiger partial charge >= 0.3 is 0 Å². The Morgan fingerprint density at radius 2 is 1.61 bits per heavy atom. The van der Waals surface area contributed by atoms with Crippen molar-refractivity contribution in [2.75, 3.05) is 50.8 Å². The first kappa shape index (κ1) is 25.8. The van der Waals surface area contributed by atoms with E-state index >= 15 is 0 Å². The van der Waals surface area contributed by atoms with Crippen LogP contribution in [0, 0.1) is 6.92 Å². The molecule has 0 aromatic heterocycles. The highest BCUT2D eigenvalue weighted by molar-refractivity contribution is 5.94. The number of amides is 1. The topological polar surface area (TPSA) is 36.0 Å². The second-order valence-electron chi connectivity index (χ2n) is 9.40. The highest BCUT2D eigenvalue weighted by Crippen LogP contribution is 2.28. The third-order valence-electron chi connectivity index (χ3n) is 7.06. The van der Waals surface area contributed by atoms with E-state index in [0.29, 0.717) is 6.61 Å². The Morgan fingerprint density at radius 1 is 0.889 bits per heavy atom. The molecule has 3 aromatic rings. The predicted molar refractivity (Wildman–Crippen MR) is 149 cm³/mol. The molecule has 190 valence electrons. The van der Waals surface area contributed by atoms with Gasteiger partial charge < -0.3 is 14.5 Å². The molecule has 0 unspecified atom stereocenters. The molecule has 4 rings (SSSR count). The first-order valence-corrected chi connectivity index (χ1v) is 13.2. The Bertz CT molecular complexity index is 1150. The van der Waals surface area contributed by atoms with Crippen LogP contribution in [-0.4, -0.2) is 61.6 Å². The molecule has 1 fully saturated rings. The van der Waals surface area contributed by atoms with Gasteiger partial charge in [0.2, 0.25) is 0 Å². The Balaban J connectivity index is 1.33. The van der Waals surface area contributed by atoms with E-state index < -0.39 is 0 Å². The SMILES string of the molecule is CCOc1cccc(-c2ccc(CN3CCN(c4ccc(C(=O)N(CC)CC)cc4)CC3)cc2C)c1. The summed E-state index contributed by atoms with van der Waals surface area (Å²) in [6.07, 6.45) is 0. The van der Waals surface area contributed by atoms with Gasteiger partial charge in [-0.15, -0.1) is 0 Å². The summed E-state index contributed by atoms with van der Waals surface area (Å²) in [5.74, 6) is 1.03. The van der Waals surface area contributed by atoms with Crippen LogP contribution in [0.5, 0.6) is 5.75 Å². The van der Waals surface area contributed by atoms with Gasteiger partial charge in [-0.3, -0.25) is 9.69 Å². The average molecular weight is 486 g/mol. The fraction of sp³-hybridized carbons (Fsp3) is 0.387. The van der Waals surface area contributed by atoms with Gasteiger partial charge in [0.1, 0.15) is 5.75 Å². The summed E-state index contributed by atoms with van der Waals surface area (Å²) in [6, 6.07) is 23.3. The zero-order valence-electron chi connectivity index (χ0n) is 22.2. The monoisotopic (exact) mass is 485 g/mol. The molecule has 1 saturated heterocycles. The summed E-state index contributed by atoms with van der Waals surface area (Å²) < 4.78 is 5.68. The Labute approximate surface area is 216 Å². The lowest BCUT2D eigenvalue weighted by Crippen LogP contribution is -2.46. The molecule has 0 bridgehead atoms. The summed E-state index contributed by atoms with van der Waals surface area (Å²) in [7, 11) is 0. The van der Waals surface area contributed by atoms with Gasteiger partial charge in [-0.2, -0.15) is 0 Å². The number of hydrogen-bond donors (Lipinski definition) is 0. The minimum Gasteiger partial charge on any atom is -0.494 e. The molecule has 0 aliphatic carbocycles. The summed E-state index contributed by atoms with van der Waals surface area (Å²) in [5, 5.41) is 0. The number of carbonyl (C=O) groups excluding carboxylic acids is 1. The highest BCUT2D eigenvalue weighted by atomic mass is 16.5. The summed E-state index contributed by atoms with van der Waals surface area (Å²) in [4.78, 5) is 19.4. The molecule has 5 nitrogen and oxygen atoms in total. The minimum absolute atomic E-state index is 0.111. The number of carbonyl (C=O) groups is 1. The lowest BCUT2D eigenvalue weighted by Gasteiger charge is -2.36. The minimum atomic E-state index is 0.111. The number of piperazine rings is 1. The number of ether oxygens (including phenoxy) is 1. The Hall–Kier alpha value is -3.31. The lowest BCUT2D eigenvalue weighted by molar-refractivity contribution is 0.0773. The predicted octanol–water partition coefficient (Wildman–Crippen LogP) is 5.86. The van der Waals surface area contributed by atoms with Gasteiger partial charge in [0, 0.05) is 57.1 Å². The number of hydrogen-bond acceptors (Lipinski definition) is 4. The van der Waals surface area contributed by atoms with Gasteiger partial charge in [-0.25, -0.2) is 0 Å². The molecule has 0 N–H and O–H groups in total. The van der Waals surface area contributed by atoms with E-state index in [0.717, 1.165) is 57.1 Å². The summed E-state index contributed by atoms with van der Waals surface area (Å²) in [5.41, 5.74) is 7.06. The van der Waals surface area contributed by atoms with Crippen LogP contribution in [0.1, 0.15) is 42.3 Å². The third-order valence-corrected chi connectivity index (χ3v) is 7.06. The normalized spacial score (nSPS) is 14.1. The van der Waals surface area contributed by atoms with Crippen molar-refractivity contribution in [2.45, 2.75) is 34.2 Å². The fourth-order valence-corrected chi connectivity index (χ4v) is 5.00. The Kier molecular flexibility index (Phi) is 8.65. The van der Waals surface area contributed by atoms with Gasteiger partial charge in [0.25, 0.3) is 5.91 Å². The largest absolute Gasteiger partial charge is 0.494 e. The van der Waals surface area contributed by atoms with Gasteiger partial charge in [-0.05, 0) is 86.3 Å². The van der Waals surface area contributed by atoms with E-state index in [2.05, 4.69) is 65.3 Å². The van der Waals surface area contributed by atoms with Crippen LogP contribution >= 0.6 is 0 Å². The third kappa shape index (κ3) is 6.08. The number of aryl methyl sites for hydroxylation is 1. The summed E-state index contributed by atoms with van der Waals surface area (Å²) >= 11 is 0. The quantitative estimate of drug-likeness (QED) is 0.380. The van der Waals surface area contributed by atoms with Gasteiger partial charge in [0.05, 0.1) is 6.61 Å². The lowest BCUT2D eigenvalue weighted by atomic mass is 9.98. The maximum absolute atomic E-state index is 12.6. The van der Waals surface area contributed by atoms with Crippen molar-refractivity contribution in [3.8, 4) is 16.9 Å². The van der Waals surface area contributed by atoms with Crippen molar-refractivity contribution in [3.05, 3.63) is 83.4 Å². The fourth-order valence-electron chi connectivity index (χ4n) is 5.00. The molecular weight excluding hydrogens is 446 g/mol. The molecule has 0 radical (unpaired) electrons. The van der Waals surface area contributed by atoms with Crippen molar-refractivity contribution < 1.29 is 9.53 Å². The van der Waals surface area contributed by atoms with Crippen molar-refractivity contribution in [3.63, 3.8) is 0 Å². The van der Waals surface area contributed by atoms with Gasteiger partial charge in [0.15, 0.2) is 0 Å². The molecule has 1 heterocycles. The van der Waals surface area contributed by atoms with E-state index in [1.165, 1.54) is 27.9 Å². The highest BCUT2D eigenvalue weighted by Gasteiger charge is 2.19. The second-order valence-corrected chi connectivity index (χ2v) is 9.40. The Morgan fingerprint density at radius 3 is 2.25 bits per heavy atom. The molecule has 0 saturated carbocycles. The molecule has 1 aliphatic rings. The molecule has 0 atom stereocenters. The molecular formula is C31H39N3O2. The van der Waals surface area contributed by atoms with E-state index in [4.69, 9.17) is 4.74 Å². The van der Waals surface area contributed by atoms with Crippen LogP contribution in [0.4, 0.5) is 5.69 Å². The molecule has 1 amide bonds. The second kappa shape index (κ2) is 12.1. The number of rotatable bonds is 9. The van der Waals surface area contributed by atoms with E-state index in [-0.39, 0.29) is 5.91 Å². The molecule has 3 aromatic carbocycles. The maximum Gasteiger partial charge on any atom is 0.253 e. The zero-order valence-corrected chi connectivity index (χ0v) is 22.2. The molecule has 5 heteroatoms. The van der Waals surface area contributed by atoms with Crippen molar-refractivity contribution >= 4 is 11.6 Å². The number of nitrogens with zero attached hydrogens (tertiary/aromatic N) is 3. The molecule has 0 spiro atoms. The van der Waals surface area contributed by atoms with Gasteiger partial charge in [-0.1, -0.05) is 30.3 Å². The van der Waals surface area contributed by atoms with E-state index in [1.807, 2.05) is 43.9 Å². The standard InChI is InChI=1S/C31H39N3O2/c1-5-33(6-2)31(35)26-12-14-28(15-13-26)34-19-17-32(18-20-34)23-25-11-16-30(24(4)21-25)27-9-8-10-29(22-27)36-7-3/h8-16,21-22H,5-7,17-20,23H2,1-4H3. The van der Waals surface area contributed by atoms with E-state index in [1.54, 1.807) is 0 Å². The smallest absolute Gasteiger partial charge is 0.253 e. The van der Waals surface area contributed by atoms with Crippen LogP contribution in [0.15, 0.2) is 66.7 Å². The van der Waals surface area contributed by atoms with Crippen LogP contribution in [0.2, 0.25) is 0 Å². The molecule has 36 heavy (non-hydrogen) atoms. The van der Waals surface area contributed by atoms with Crippen LogP contribution in [0.25, 0.3) is 11.1 Å². The van der Waals surface area contributed by atoms with Crippen molar-refractivity contribution in [2.24, 2.45) is 0 Å².